The smallest absolute Gasteiger partial charge is 0.356 e. The predicted molar refractivity (Wildman–Crippen MR) is 49.3 cm³/mol. The van der Waals surface area contributed by atoms with Crippen LogP contribution in [0, 0.1) is 0 Å². The zero-order valence-corrected chi connectivity index (χ0v) is 8.14. The summed E-state index contributed by atoms with van der Waals surface area (Å²) in [7, 11) is 0. The lowest BCUT2D eigenvalue weighted by Gasteiger charge is -2.00. The maximum atomic E-state index is 11.0. The van der Waals surface area contributed by atoms with Crippen molar-refractivity contribution in [1.82, 2.24) is 9.97 Å². The number of ether oxygens (including phenoxy) is 1. The quantitative estimate of drug-likeness (QED) is 0.718. The molecule has 0 saturated heterocycles. The zero-order valence-electron chi connectivity index (χ0n) is 8.14. The molecule has 1 aromatic heterocycles. The van der Waals surface area contributed by atoms with Crippen LogP contribution in [0.2, 0.25) is 0 Å². The van der Waals surface area contributed by atoms with Crippen molar-refractivity contribution < 1.29 is 19.4 Å². The van der Waals surface area contributed by atoms with Crippen LogP contribution in [0.15, 0.2) is 12.4 Å². The number of hydrogen-bond donors (Lipinski definition) is 1. The maximum absolute atomic E-state index is 11.0. The lowest BCUT2D eigenvalue weighted by Crippen LogP contribution is -2.10. The van der Waals surface area contributed by atoms with Crippen molar-refractivity contribution in [3.8, 4) is 0 Å². The molecule has 1 heterocycles. The minimum atomic E-state index is -1.15. The number of rotatable bonds is 4. The SMILES string of the molecule is CCOC(=O)Cc1cnc(C(=O)O)cn1. The van der Waals surface area contributed by atoms with E-state index in [1.54, 1.807) is 6.92 Å². The Kier molecular flexibility index (Phi) is 3.73. The third-order valence-electron chi connectivity index (χ3n) is 1.56. The van der Waals surface area contributed by atoms with Crippen molar-refractivity contribution in [2.45, 2.75) is 13.3 Å². The molecular weight excluding hydrogens is 200 g/mol. The molecule has 0 aliphatic heterocycles. The molecule has 1 N–H and O–H groups in total. The second kappa shape index (κ2) is 5.04. The molecule has 0 amide bonds. The number of hydrogen-bond acceptors (Lipinski definition) is 5. The Morgan fingerprint density at radius 3 is 2.60 bits per heavy atom. The number of aromatic carboxylic acids is 1. The number of esters is 1. The van der Waals surface area contributed by atoms with E-state index in [0.717, 1.165) is 6.20 Å². The Balaban J connectivity index is 2.64. The molecule has 0 bridgehead atoms. The second-order valence-electron chi connectivity index (χ2n) is 2.68. The highest BCUT2D eigenvalue weighted by Gasteiger charge is 2.08. The molecule has 0 aromatic carbocycles. The summed E-state index contributed by atoms with van der Waals surface area (Å²) in [5, 5.41) is 8.55. The molecule has 0 fully saturated rings. The van der Waals surface area contributed by atoms with Crippen LogP contribution in [0.5, 0.6) is 0 Å². The van der Waals surface area contributed by atoms with Gasteiger partial charge in [0.25, 0.3) is 0 Å². The van der Waals surface area contributed by atoms with E-state index in [4.69, 9.17) is 9.84 Å². The van der Waals surface area contributed by atoms with Gasteiger partial charge in [-0.3, -0.25) is 9.78 Å². The van der Waals surface area contributed by atoms with Crippen molar-refractivity contribution in [1.29, 1.82) is 0 Å². The molecule has 6 heteroatoms. The monoisotopic (exact) mass is 210 g/mol. The van der Waals surface area contributed by atoms with Crippen LogP contribution in [0.3, 0.4) is 0 Å². The van der Waals surface area contributed by atoms with Crippen LogP contribution in [0.4, 0.5) is 0 Å². The highest BCUT2D eigenvalue weighted by Crippen LogP contribution is 1.98. The molecule has 0 saturated carbocycles. The summed E-state index contributed by atoms with van der Waals surface area (Å²) in [5.41, 5.74) is 0.237. The molecule has 0 unspecified atom stereocenters. The molecule has 80 valence electrons. The van der Waals surface area contributed by atoms with E-state index in [1.807, 2.05) is 0 Å². The lowest BCUT2D eigenvalue weighted by molar-refractivity contribution is -0.142. The van der Waals surface area contributed by atoms with Gasteiger partial charge in [-0.25, -0.2) is 9.78 Å². The normalized spacial score (nSPS) is 9.67. The minimum absolute atomic E-state index is 0.000733. The summed E-state index contributed by atoms with van der Waals surface area (Å²) in [6.45, 7) is 2.01. The first-order chi connectivity index (χ1) is 7.13. The molecular formula is C9H10N2O4. The summed E-state index contributed by atoms with van der Waals surface area (Å²) in [6.07, 6.45) is 2.36. The largest absolute Gasteiger partial charge is 0.476 e. The first-order valence-electron chi connectivity index (χ1n) is 4.33. The van der Waals surface area contributed by atoms with Gasteiger partial charge in [0.15, 0.2) is 5.69 Å². The molecule has 15 heavy (non-hydrogen) atoms. The highest BCUT2D eigenvalue weighted by molar-refractivity contribution is 5.84. The number of carboxylic acids is 1. The molecule has 0 aliphatic carbocycles. The Labute approximate surface area is 85.9 Å². The number of aromatic nitrogens is 2. The fraction of sp³-hybridized carbons (Fsp3) is 0.333. The van der Waals surface area contributed by atoms with Gasteiger partial charge in [0.2, 0.25) is 0 Å². The van der Waals surface area contributed by atoms with Gasteiger partial charge in [-0.05, 0) is 6.92 Å². The van der Waals surface area contributed by atoms with Gasteiger partial charge < -0.3 is 9.84 Å². The van der Waals surface area contributed by atoms with Gasteiger partial charge in [0.05, 0.1) is 24.9 Å². The summed E-state index contributed by atoms with van der Waals surface area (Å²) in [6, 6.07) is 0. The lowest BCUT2D eigenvalue weighted by atomic mass is 10.3. The van der Waals surface area contributed by atoms with E-state index in [-0.39, 0.29) is 12.1 Å². The van der Waals surface area contributed by atoms with Crippen LogP contribution in [0.1, 0.15) is 23.1 Å². The minimum Gasteiger partial charge on any atom is -0.476 e. The van der Waals surface area contributed by atoms with Crippen LogP contribution < -0.4 is 0 Å². The van der Waals surface area contributed by atoms with E-state index < -0.39 is 11.9 Å². The van der Waals surface area contributed by atoms with Crippen molar-refractivity contribution in [2.24, 2.45) is 0 Å². The van der Waals surface area contributed by atoms with Gasteiger partial charge in [-0.2, -0.15) is 0 Å². The second-order valence-corrected chi connectivity index (χ2v) is 2.68. The van der Waals surface area contributed by atoms with Crippen molar-refractivity contribution in [3.05, 3.63) is 23.8 Å². The van der Waals surface area contributed by atoms with Crippen molar-refractivity contribution in [2.75, 3.05) is 6.61 Å². The summed E-state index contributed by atoms with van der Waals surface area (Å²) in [5.74, 6) is -1.56. The number of nitrogens with zero attached hydrogens (tertiary/aromatic N) is 2. The molecule has 0 aliphatic rings. The molecule has 1 rings (SSSR count). The van der Waals surface area contributed by atoms with E-state index in [1.165, 1.54) is 6.20 Å². The Morgan fingerprint density at radius 2 is 2.13 bits per heavy atom. The maximum Gasteiger partial charge on any atom is 0.356 e. The van der Waals surface area contributed by atoms with Crippen molar-refractivity contribution >= 4 is 11.9 Å². The van der Waals surface area contributed by atoms with Gasteiger partial charge in [0, 0.05) is 6.20 Å². The Hall–Kier alpha value is -1.98. The number of carbonyl (C=O) groups is 2. The van der Waals surface area contributed by atoms with E-state index in [9.17, 15) is 9.59 Å². The van der Waals surface area contributed by atoms with Crippen LogP contribution in [0.25, 0.3) is 0 Å². The molecule has 0 atom stereocenters. The average molecular weight is 210 g/mol. The molecule has 0 spiro atoms. The first-order valence-corrected chi connectivity index (χ1v) is 4.33. The van der Waals surface area contributed by atoms with Gasteiger partial charge in [-0.15, -0.1) is 0 Å². The highest BCUT2D eigenvalue weighted by atomic mass is 16.5. The van der Waals surface area contributed by atoms with Gasteiger partial charge in [-0.1, -0.05) is 0 Å². The first kappa shape index (κ1) is 11.1. The fourth-order valence-corrected chi connectivity index (χ4v) is 0.916. The summed E-state index contributed by atoms with van der Waals surface area (Å²) in [4.78, 5) is 28.9. The van der Waals surface area contributed by atoms with Crippen LogP contribution in [-0.2, 0) is 16.0 Å². The van der Waals surface area contributed by atoms with E-state index >= 15 is 0 Å². The summed E-state index contributed by atoms with van der Waals surface area (Å²) >= 11 is 0. The zero-order chi connectivity index (χ0) is 11.3. The number of carbonyl (C=O) groups excluding carboxylic acids is 1. The van der Waals surface area contributed by atoms with Crippen LogP contribution >= 0.6 is 0 Å². The van der Waals surface area contributed by atoms with Gasteiger partial charge in [0.1, 0.15) is 0 Å². The third-order valence-corrected chi connectivity index (χ3v) is 1.56. The molecule has 0 radical (unpaired) electrons. The van der Waals surface area contributed by atoms with Gasteiger partial charge >= 0.3 is 11.9 Å². The topological polar surface area (TPSA) is 89.4 Å². The van der Waals surface area contributed by atoms with E-state index in [2.05, 4.69) is 9.97 Å². The van der Waals surface area contributed by atoms with Crippen LogP contribution in [-0.4, -0.2) is 33.6 Å². The average Bonchev–Trinajstić information content (AvgIpc) is 2.18. The van der Waals surface area contributed by atoms with E-state index in [0.29, 0.717) is 12.3 Å². The fourth-order valence-electron chi connectivity index (χ4n) is 0.916. The predicted octanol–water partition coefficient (Wildman–Crippen LogP) is 0.280. The Bertz CT molecular complexity index is 361. The summed E-state index contributed by atoms with van der Waals surface area (Å²) < 4.78 is 4.70. The third kappa shape index (κ3) is 3.34. The standard InChI is InChI=1S/C9H10N2O4/c1-2-15-8(12)3-6-4-11-7(5-10-6)9(13)14/h4-5H,2-3H2,1H3,(H,13,14). The number of carboxylic acid groups (broad SMARTS) is 1. The molecule has 6 nitrogen and oxygen atoms in total. The Morgan fingerprint density at radius 1 is 1.40 bits per heavy atom. The molecule has 1 aromatic rings. The van der Waals surface area contributed by atoms with Crippen molar-refractivity contribution in [3.63, 3.8) is 0 Å².